The molecule has 5 nitrogen and oxygen atoms in total. The van der Waals surface area contributed by atoms with Crippen molar-refractivity contribution in [3.8, 4) is 6.07 Å². The van der Waals surface area contributed by atoms with Crippen molar-refractivity contribution in [2.45, 2.75) is 6.54 Å². The normalized spacial score (nSPS) is 9.80. The monoisotopic (exact) mass is 201 g/mol. The summed E-state index contributed by atoms with van der Waals surface area (Å²) in [6.07, 6.45) is 4.29. The Bertz CT molecular complexity index is 505. The second-order valence-electron chi connectivity index (χ2n) is 2.92. The fourth-order valence-corrected chi connectivity index (χ4v) is 1.21. The average molecular weight is 201 g/mol. The summed E-state index contributed by atoms with van der Waals surface area (Å²) >= 11 is 0. The minimum Gasteiger partial charge on any atom is -0.461 e. The number of nitrogens with zero attached hydrogens (tertiary/aromatic N) is 3. The summed E-state index contributed by atoms with van der Waals surface area (Å²) < 4.78 is 6.43. The highest BCUT2D eigenvalue weighted by molar-refractivity contribution is 5.93. The maximum absolute atomic E-state index is 11.6. The van der Waals surface area contributed by atoms with E-state index in [0.717, 1.165) is 0 Å². The Labute approximate surface area is 85.6 Å². The zero-order chi connectivity index (χ0) is 10.7. The van der Waals surface area contributed by atoms with Gasteiger partial charge in [0.05, 0.1) is 25.3 Å². The molecule has 5 heteroatoms. The molecule has 0 N–H and O–H groups in total. The molecule has 2 aromatic heterocycles. The Kier molecular flexibility index (Phi) is 2.33. The number of hydrogen-bond acceptors (Lipinski definition) is 4. The van der Waals surface area contributed by atoms with Crippen LogP contribution in [0, 0.1) is 11.3 Å². The number of nitriles is 1. The van der Waals surface area contributed by atoms with Gasteiger partial charge in [0.1, 0.15) is 11.8 Å². The largest absolute Gasteiger partial charge is 0.461 e. The van der Waals surface area contributed by atoms with Gasteiger partial charge < -0.3 is 8.98 Å². The molecule has 2 rings (SSSR count). The molecule has 0 bridgehead atoms. The number of aromatic nitrogens is 2. The lowest BCUT2D eigenvalue weighted by Gasteiger charge is -1.99. The van der Waals surface area contributed by atoms with Crippen LogP contribution >= 0.6 is 0 Å². The van der Waals surface area contributed by atoms with Crippen molar-refractivity contribution in [1.82, 2.24) is 9.55 Å². The first-order valence-corrected chi connectivity index (χ1v) is 4.28. The molecule has 0 radical (unpaired) electrons. The highest BCUT2D eigenvalue weighted by Crippen LogP contribution is 2.05. The van der Waals surface area contributed by atoms with Crippen LogP contribution in [-0.4, -0.2) is 15.3 Å². The van der Waals surface area contributed by atoms with Gasteiger partial charge in [0.15, 0.2) is 5.76 Å². The summed E-state index contributed by atoms with van der Waals surface area (Å²) in [7, 11) is 0. The zero-order valence-electron chi connectivity index (χ0n) is 7.75. The van der Waals surface area contributed by atoms with Gasteiger partial charge in [0, 0.05) is 0 Å². The predicted molar refractivity (Wildman–Crippen MR) is 50.0 cm³/mol. The molecular weight excluding hydrogens is 194 g/mol. The van der Waals surface area contributed by atoms with Gasteiger partial charge in [-0.25, -0.2) is 4.98 Å². The summed E-state index contributed by atoms with van der Waals surface area (Å²) in [5.74, 6) is 0.0992. The number of ketones is 1. The molecule has 0 fully saturated rings. The van der Waals surface area contributed by atoms with Gasteiger partial charge in [-0.3, -0.25) is 4.79 Å². The van der Waals surface area contributed by atoms with E-state index < -0.39 is 0 Å². The topological polar surface area (TPSA) is 71.8 Å². The number of rotatable bonds is 3. The molecule has 0 unspecified atom stereocenters. The van der Waals surface area contributed by atoms with Crippen LogP contribution in [0.4, 0.5) is 0 Å². The minimum atomic E-state index is -0.186. The lowest BCUT2D eigenvalue weighted by atomic mass is 10.3. The highest BCUT2D eigenvalue weighted by Gasteiger charge is 2.11. The van der Waals surface area contributed by atoms with Crippen LogP contribution < -0.4 is 0 Å². The lowest BCUT2D eigenvalue weighted by Crippen LogP contribution is -2.10. The van der Waals surface area contributed by atoms with Gasteiger partial charge in [-0.1, -0.05) is 0 Å². The van der Waals surface area contributed by atoms with Gasteiger partial charge in [-0.2, -0.15) is 5.26 Å². The van der Waals surface area contributed by atoms with Gasteiger partial charge in [-0.15, -0.1) is 0 Å². The Morgan fingerprint density at radius 1 is 1.67 bits per heavy atom. The molecular formula is C10H7N3O2. The van der Waals surface area contributed by atoms with E-state index in [-0.39, 0.29) is 18.1 Å². The first kappa shape index (κ1) is 9.21. The van der Waals surface area contributed by atoms with Crippen molar-refractivity contribution in [3.63, 3.8) is 0 Å². The first-order chi connectivity index (χ1) is 7.31. The summed E-state index contributed by atoms with van der Waals surface area (Å²) in [5, 5.41) is 8.71. The van der Waals surface area contributed by atoms with Crippen LogP contribution in [-0.2, 0) is 6.54 Å². The zero-order valence-corrected chi connectivity index (χ0v) is 7.75. The van der Waals surface area contributed by atoms with Crippen molar-refractivity contribution < 1.29 is 9.21 Å². The van der Waals surface area contributed by atoms with Crippen LogP contribution in [0.3, 0.4) is 0 Å². The molecule has 2 heterocycles. The van der Waals surface area contributed by atoms with Crippen LogP contribution in [0.25, 0.3) is 0 Å². The van der Waals surface area contributed by atoms with E-state index in [2.05, 4.69) is 4.98 Å². The molecule has 15 heavy (non-hydrogen) atoms. The van der Waals surface area contributed by atoms with E-state index in [0.29, 0.717) is 5.69 Å². The second kappa shape index (κ2) is 3.80. The molecule has 74 valence electrons. The molecule has 0 amide bonds. The summed E-state index contributed by atoms with van der Waals surface area (Å²) in [5.41, 5.74) is 0.356. The number of carbonyl (C=O) groups excluding carboxylic acids is 1. The molecule has 0 saturated heterocycles. The number of furan rings is 1. The van der Waals surface area contributed by atoms with E-state index in [9.17, 15) is 4.79 Å². The van der Waals surface area contributed by atoms with E-state index in [1.807, 2.05) is 6.07 Å². The maximum Gasteiger partial charge on any atom is 0.217 e. The van der Waals surface area contributed by atoms with Crippen LogP contribution in [0.2, 0.25) is 0 Å². The minimum absolute atomic E-state index is 0.0659. The summed E-state index contributed by atoms with van der Waals surface area (Å²) in [4.78, 5) is 15.4. The number of hydrogen-bond donors (Lipinski definition) is 0. The number of imidazole rings is 1. The summed E-state index contributed by atoms with van der Waals surface area (Å²) in [6.45, 7) is 0.0659. The quantitative estimate of drug-likeness (QED) is 0.700. The van der Waals surface area contributed by atoms with E-state index >= 15 is 0 Å². The first-order valence-electron chi connectivity index (χ1n) is 4.28. The number of Topliss-reactive ketones (excluding diaryl/α,β-unsaturated/α-hetero) is 1. The Hall–Kier alpha value is -2.35. The van der Waals surface area contributed by atoms with Gasteiger partial charge >= 0.3 is 0 Å². The molecule has 2 aromatic rings. The molecule has 0 atom stereocenters. The Morgan fingerprint density at radius 2 is 2.53 bits per heavy atom. The Morgan fingerprint density at radius 3 is 3.20 bits per heavy atom. The highest BCUT2D eigenvalue weighted by atomic mass is 16.3. The molecule has 0 saturated carbocycles. The van der Waals surface area contributed by atoms with Crippen molar-refractivity contribution in [1.29, 1.82) is 5.26 Å². The second-order valence-corrected chi connectivity index (χ2v) is 2.92. The summed E-state index contributed by atoms with van der Waals surface area (Å²) in [6, 6.07) is 5.18. The standard InChI is InChI=1S/C10H7N3O2/c11-4-8-5-12-7-13(8)6-9(14)10-2-1-3-15-10/h1-3,5,7H,6H2. The van der Waals surface area contributed by atoms with Gasteiger partial charge in [0.25, 0.3) is 0 Å². The van der Waals surface area contributed by atoms with Crippen molar-refractivity contribution in [3.05, 3.63) is 42.4 Å². The molecule has 0 aromatic carbocycles. The molecule has 0 spiro atoms. The maximum atomic E-state index is 11.6. The molecule has 0 aliphatic rings. The predicted octanol–water partition coefficient (Wildman–Crippen LogP) is 1.23. The van der Waals surface area contributed by atoms with E-state index in [1.54, 1.807) is 12.1 Å². The van der Waals surface area contributed by atoms with Crippen LogP contribution in [0.15, 0.2) is 35.3 Å². The smallest absolute Gasteiger partial charge is 0.217 e. The number of carbonyl (C=O) groups is 1. The van der Waals surface area contributed by atoms with Gasteiger partial charge in [0.2, 0.25) is 5.78 Å². The van der Waals surface area contributed by atoms with Crippen molar-refractivity contribution in [2.24, 2.45) is 0 Å². The average Bonchev–Trinajstić information content (AvgIpc) is 2.87. The van der Waals surface area contributed by atoms with E-state index in [1.165, 1.54) is 23.4 Å². The SMILES string of the molecule is N#Cc1cncn1CC(=O)c1ccco1. The fraction of sp³-hybridized carbons (Fsp3) is 0.100. The van der Waals surface area contributed by atoms with Gasteiger partial charge in [-0.05, 0) is 12.1 Å². The fourth-order valence-electron chi connectivity index (χ4n) is 1.21. The Balaban J connectivity index is 2.17. The van der Waals surface area contributed by atoms with Crippen LogP contribution in [0.5, 0.6) is 0 Å². The van der Waals surface area contributed by atoms with Crippen LogP contribution in [0.1, 0.15) is 16.2 Å². The third kappa shape index (κ3) is 1.79. The van der Waals surface area contributed by atoms with Crippen molar-refractivity contribution >= 4 is 5.78 Å². The third-order valence-electron chi connectivity index (χ3n) is 1.94. The third-order valence-corrected chi connectivity index (χ3v) is 1.94. The molecule has 0 aliphatic heterocycles. The van der Waals surface area contributed by atoms with Crippen molar-refractivity contribution in [2.75, 3.05) is 0 Å². The van der Waals surface area contributed by atoms with E-state index in [4.69, 9.17) is 9.68 Å². The lowest BCUT2D eigenvalue weighted by molar-refractivity contribution is 0.0944. The molecule has 0 aliphatic carbocycles.